The zero-order chi connectivity index (χ0) is 14.5. The number of para-hydroxylation sites is 1. The number of thiocarbonyl (C=S) groups is 1. The molecule has 0 radical (unpaired) electrons. The number of carbonyl (C=O) groups is 1. The second-order valence-electron chi connectivity index (χ2n) is 4.15. The van der Waals surface area contributed by atoms with Gasteiger partial charge in [0.25, 0.3) is 5.91 Å². The first-order valence-electron chi connectivity index (χ1n) is 5.97. The number of benzene rings is 1. The van der Waals surface area contributed by atoms with Crippen LogP contribution in [0.3, 0.4) is 0 Å². The first-order chi connectivity index (χ1) is 9.58. The molecule has 0 bridgehead atoms. The standard InChI is InChI=1S/C14H13IN2OS2/c15-12-8-10(9-20-12)14(18)17(7-6-13(16)19)11-4-2-1-3-5-11/h1-5,8-9H,6-7H2,(H2,16,19). The molecule has 6 heteroatoms. The van der Waals surface area contributed by atoms with Crippen LogP contribution >= 0.6 is 46.1 Å². The van der Waals surface area contributed by atoms with Gasteiger partial charge in [-0.3, -0.25) is 4.79 Å². The Kier molecular flexibility index (Phi) is 5.50. The molecule has 0 aliphatic rings. The third-order valence-electron chi connectivity index (χ3n) is 2.71. The van der Waals surface area contributed by atoms with Crippen molar-refractivity contribution in [2.45, 2.75) is 6.42 Å². The van der Waals surface area contributed by atoms with E-state index in [1.165, 1.54) is 0 Å². The summed E-state index contributed by atoms with van der Waals surface area (Å²) in [5.41, 5.74) is 7.11. The lowest BCUT2D eigenvalue weighted by molar-refractivity contribution is 0.0988. The van der Waals surface area contributed by atoms with E-state index in [1.807, 2.05) is 41.8 Å². The largest absolute Gasteiger partial charge is 0.393 e. The van der Waals surface area contributed by atoms with Gasteiger partial charge in [0.05, 0.1) is 13.4 Å². The van der Waals surface area contributed by atoms with Crippen molar-refractivity contribution in [3.05, 3.63) is 50.2 Å². The van der Waals surface area contributed by atoms with Crippen LogP contribution in [0, 0.1) is 2.88 Å². The lowest BCUT2D eigenvalue weighted by Crippen LogP contribution is -2.33. The Bertz CT molecular complexity index is 613. The van der Waals surface area contributed by atoms with Crippen LogP contribution in [0.4, 0.5) is 5.69 Å². The SMILES string of the molecule is NC(=S)CCN(C(=O)c1csc(I)c1)c1ccccc1. The third-order valence-corrected chi connectivity index (χ3v) is 4.70. The van der Waals surface area contributed by atoms with E-state index >= 15 is 0 Å². The lowest BCUT2D eigenvalue weighted by atomic mass is 10.2. The quantitative estimate of drug-likeness (QED) is 0.598. The highest BCUT2D eigenvalue weighted by Gasteiger charge is 2.18. The van der Waals surface area contributed by atoms with E-state index in [-0.39, 0.29) is 5.91 Å². The Morgan fingerprint density at radius 1 is 1.35 bits per heavy atom. The van der Waals surface area contributed by atoms with E-state index in [0.717, 1.165) is 8.57 Å². The molecule has 1 amide bonds. The molecule has 2 aromatic rings. The van der Waals surface area contributed by atoms with Gasteiger partial charge >= 0.3 is 0 Å². The van der Waals surface area contributed by atoms with Crippen LogP contribution < -0.4 is 10.6 Å². The topological polar surface area (TPSA) is 46.3 Å². The minimum atomic E-state index is -0.0217. The number of thiophene rings is 1. The van der Waals surface area contributed by atoms with Crippen molar-refractivity contribution in [2.75, 3.05) is 11.4 Å². The van der Waals surface area contributed by atoms with E-state index in [2.05, 4.69) is 22.6 Å². The van der Waals surface area contributed by atoms with Crippen molar-refractivity contribution in [3.8, 4) is 0 Å². The van der Waals surface area contributed by atoms with Gasteiger partial charge in [0.15, 0.2) is 0 Å². The van der Waals surface area contributed by atoms with Crippen molar-refractivity contribution in [1.82, 2.24) is 0 Å². The molecule has 1 aromatic heterocycles. The number of anilines is 1. The molecule has 0 saturated heterocycles. The maximum absolute atomic E-state index is 12.6. The number of carbonyl (C=O) groups excluding carboxylic acids is 1. The second kappa shape index (κ2) is 7.14. The number of nitrogens with two attached hydrogens (primary N) is 1. The number of hydrogen-bond acceptors (Lipinski definition) is 3. The van der Waals surface area contributed by atoms with Gasteiger partial charge in [0.1, 0.15) is 0 Å². The van der Waals surface area contributed by atoms with E-state index in [0.29, 0.717) is 23.5 Å². The lowest BCUT2D eigenvalue weighted by Gasteiger charge is -2.22. The Morgan fingerprint density at radius 2 is 2.05 bits per heavy atom. The smallest absolute Gasteiger partial charge is 0.259 e. The average molecular weight is 416 g/mol. The summed E-state index contributed by atoms with van der Waals surface area (Å²) < 4.78 is 1.09. The predicted octanol–water partition coefficient (Wildman–Crippen LogP) is 3.68. The first-order valence-corrected chi connectivity index (χ1v) is 8.34. The molecule has 20 heavy (non-hydrogen) atoms. The molecule has 2 N–H and O–H groups in total. The summed E-state index contributed by atoms with van der Waals surface area (Å²) in [5, 5.41) is 1.88. The number of halogens is 1. The molecule has 1 heterocycles. The highest BCUT2D eigenvalue weighted by Crippen LogP contribution is 2.22. The highest BCUT2D eigenvalue weighted by atomic mass is 127. The molecule has 3 nitrogen and oxygen atoms in total. The molecule has 0 fully saturated rings. The van der Waals surface area contributed by atoms with Crippen molar-refractivity contribution in [1.29, 1.82) is 0 Å². The summed E-state index contributed by atoms with van der Waals surface area (Å²) >= 11 is 8.68. The van der Waals surface area contributed by atoms with Gasteiger partial charge in [-0.1, -0.05) is 30.4 Å². The highest BCUT2D eigenvalue weighted by molar-refractivity contribution is 14.1. The van der Waals surface area contributed by atoms with Gasteiger partial charge < -0.3 is 10.6 Å². The molecule has 0 atom stereocenters. The van der Waals surface area contributed by atoms with Crippen molar-refractivity contribution in [2.24, 2.45) is 5.73 Å². The fraction of sp³-hybridized carbons (Fsp3) is 0.143. The van der Waals surface area contributed by atoms with Crippen LogP contribution in [0.25, 0.3) is 0 Å². The van der Waals surface area contributed by atoms with Crippen LogP contribution in [0.2, 0.25) is 0 Å². The van der Waals surface area contributed by atoms with Crippen LogP contribution in [-0.4, -0.2) is 17.4 Å². The zero-order valence-corrected chi connectivity index (χ0v) is 14.4. The zero-order valence-electron chi connectivity index (χ0n) is 10.6. The summed E-state index contributed by atoms with van der Waals surface area (Å²) in [6.07, 6.45) is 0.511. The van der Waals surface area contributed by atoms with E-state index in [9.17, 15) is 4.79 Å². The minimum absolute atomic E-state index is 0.0217. The van der Waals surface area contributed by atoms with Crippen LogP contribution in [0.1, 0.15) is 16.8 Å². The summed E-state index contributed by atoms with van der Waals surface area (Å²) in [6.45, 7) is 0.491. The fourth-order valence-electron chi connectivity index (χ4n) is 1.76. The molecular formula is C14H13IN2OS2. The van der Waals surface area contributed by atoms with Crippen molar-refractivity contribution in [3.63, 3.8) is 0 Å². The normalized spacial score (nSPS) is 10.2. The number of amides is 1. The van der Waals surface area contributed by atoms with Crippen LogP contribution in [0.5, 0.6) is 0 Å². The fourth-order valence-corrected chi connectivity index (χ4v) is 3.17. The third kappa shape index (κ3) is 4.00. The summed E-state index contributed by atoms with van der Waals surface area (Å²) in [7, 11) is 0. The maximum Gasteiger partial charge on any atom is 0.259 e. The molecule has 0 unspecified atom stereocenters. The Balaban J connectivity index is 2.26. The average Bonchev–Trinajstić information content (AvgIpc) is 2.86. The van der Waals surface area contributed by atoms with Crippen molar-refractivity contribution >= 4 is 62.7 Å². The number of hydrogen-bond donors (Lipinski definition) is 1. The molecular weight excluding hydrogens is 403 g/mol. The molecule has 104 valence electrons. The molecule has 1 aromatic carbocycles. The molecule has 0 aliphatic carbocycles. The van der Waals surface area contributed by atoms with Crippen LogP contribution in [-0.2, 0) is 0 Å². The van der Waals surface area contributed by atoms with Gasteiger partial charge in [-0.05, 0) is 40.8 Å². The minimum Gasteiger partial charge on any atom is -0.393 e. The summed E-state index contributed by atoms with van der Waals surface area (Å²) in [5.74, 6) is -0.0217. The van der Waals surface area contributed by atoms with E-state index in [4.69, 9.17) is 18.0 Å². The van der Waals surface area contributed by atoms with E-state index < -0.39 is 0 Å². The Morgan fingerprint density at radius 3 is 2.60 bits per heavy atom. The van der Waals surface area contributed by atoms with Gasteiger partial charge in [0.2, 0.25) is 0 Å². The molecule has 0 saturated carbocycles. The molecule has 0 spiro atoms. The maximum atomic E-state index is 12.6. The van der Waals surface area contributed by atoms with Gasteiger partial charge in [0, 0.05) is 24.0 Å². The van der Waals surface area contributed by atoms with Gasteiger partial charge in [-0.2, -0.15) is 0 Å². The van der Waals surface area contributed by atoms with E-state index in [1.54, 1.807) is 16.2 Å². The number of nitrogens with zero attached hydrogens (tertiary/aromatic N) is 1. The second-order valence-corrected chi connectivity index (χ2v) is 7.48. The van der Waals surface area contributed by atoms with Gasteiger partial charge in [-0.15, -0.1) is 11.3 Å². The first kappa shape index (κ1) is 15.4. The number of rotatable bonds is 5. The van der Waals surface area contributed by atoms with Crippen molar-refractivity contribution < 1.29 is 4.79 Å². The monoisotopic (exact) mass is 416 g/mol. The Labute approximate surface area is 140 Å². The molecule has 0 aliphatic heterocycles. The summed E-state index contributed by atoms with van der Waals surface area (Å²) in [4.78, 5) is 14.8. The predicted molar refractivity (Wildman–Crippen MR) is 96.6 cm³/mol. The molecule has 2 rings (SSSR count). The van der Waals surface area contributed by atoms with Crippen LogP contribution in [0.15, 0.2) is 41.8 Å². The summed E-state index contributed by atoms with van der Waals surface area (Å²) in [6, 6.07) is 11.5. The van der Waals surface area contributed by atoms with Gasteiger partial charge in [-0.25, -0.2) is 0 Å². The Hall–Kier alpha value is -0.990.